The number of methoxy groups -OCH3 is 2. The second-order valence-corrected chi connectivity index (χ2v) is 2.60. The number of carbonyl (C=O) groups is 1. The van der Waals surface area contributed by atoms with Gasteiger partial charge in [-0.1, -0.05) is 0 Å². The van der Waals surface area contributed by atoms with Crippen LogP contribution < -0.4 is 20.5 Å². The fourth-order valence-electron chi connectivity index (χ4n) is 0.858. The molecule has 0 aliphatic rings. The number of carbonyl (C=O) groups excluding carboxylic acids is 1. The van der Waals surface area contributed by atoms with Crippen molar-refractivity contribution in [2.24, 2.45) is 5.73 Å². The Morgan fingerprint density at radius 2 is 1.93 bits per heavy atom. The van der Waals surface area contributed by atoms with Crippen LogP contribution in [0, 0.1) is 0 Å². The molecule has 0 spiro atoms. The zero-order valence-corrected chi connectivity index (χ0v) is 8.48. The average molecular weight is 212 g/mol. The summed E-state index contributed by atoms with van der Waals surface area (Å²) in [4.78, 5) is 18.4. The average Bonchev–Trinajstić information content (AvgIpc) is 2.25. The van der Waals surface area contributed by atoms with Crippen molar-refractivity contribution in [3.05, 3.63) is 6.07 Å². The Bertz CT molecular complexity index is 333. The van der Waals surface area contributed by atoms with Crippen LogP contribution in [0.25, 0.3) is 0 Å². The number of amides is 1. The smallest absolute Gasteiger partial charge is 0.236 e. The largest absolute Gasteiger partial charge is 0.481 e. The van der Waals surface area contributed by atoms with Gasteiger partial charge < -0.3 is 20.5 Å². The van der Waals surface area contributed by atoms with Crippen molar-refractivity contribution in [2.75, 3.05) is 26.1 Å². The summed E-state index contributed by atoms with van der Waals surface area (Å²) >= 11 is 0. The third-order valence-electron chi connectivity index (χ3n) is 1.52. The molecule has 15 heavy (non-hydrogen) atoms. The molecule has 7 nitrogen and oxygen atoms in total. The number of hydrogen-bond acceptors (Lipinski definition) is 6. The number of ether oxygens (including phenoxy) is 2. The van der Waals surface area contributed by atoms with Gasteiger partial charge in [-0.05, 0) is 0 Å². The molecule has 3 N–H and O–H groups in total. The van der Waals surface area contributed by atoms with Gasteiger partial charge in [0, 0.05) is 0 Å². The fourth-order valence-corrected chi connectivity index (χ4v) is 0.858. The summed E-state index contributed by atoms with van der Waals surface area (Å²) in [6, 6.07) is 1.52. The monoisotopic (exact) mass is 212 g/mol. The molecule has 0 saturated heterocycles. The summed E-state index contributed by atoms with van der Waals surface area (Å²) in [5.74, 6) is 0.410. The Hall–Kier alpha value is -2.05. The number of anilines is 1. The summed E-state index contributed by atoms with van der Waals surface area (Å²) < 4.78 is 9.83. The van der Waals surface area contributed by atoms with Gasteiger partial charge in [-0.25, -0.2) is 0 Å². The van der Waals surface area contributed by atoms with E-state index in [0.717, 1.165) is 0 Å². The predicted octanol–water partition coefficient (Wildman–Crippen LogP) is -0.609. The van der Waals surface area contributed by atoms with Crippen LogP contribution >= 0.6 is 0 Å². The van der Waals surface area contributed by atoms with Crippen molar-refractivity contribution in [1.82, 2.24) is 9.97 Å². The zero-order valence-electron chi connectivity index (χ0n) is 8.48. The summed E-state index contributed by atoms with van der Waals surface area (Å²) in [6.45, 7) is -0.0453. The Balaban J connectivity index is 2.81. The lowest BCUT2D eigenvalue weighted by atomic mass is 10.5. The fraction of sp³-hybridized carbons (Fsp3) is 0.375. The van der Waals surface area contributed by atoms with Crippen LogP contribution in [-0.2, 0) is 4.79 Å². The van der Waals surface area contributed by atoms with Gasteiger partial charge in [-0.15, -0.1) is 0 Å². The van der Waals surface area contributed by atoms with Crippen LogP contribution in [0.4, 0.5) is 5.95 Å². The second kappa shape index (κ2) is 4.99. The number of nitrogens with two attached hydrogens (primary N) is 1. The van der Waals surface area contributed by atoms with Crippen molar-refractivity contribution in [3.63, 3.8) is 0 Å². The molecule has 0 bridgehead atoms. The maximum absolute atomic E-state index is 10.5. The molecule has 1 aromatic heterocycles. The molecule has 0 aliphatic carbocycles. The highest BCUT2D eigenvalue weighted by molar-refractivity contribution is 5.78. The highest BCUT2D eigenvalue weighted by atomic mass is 16.5. The van der Waals surface area contributed by atoms with Gasteiger partial charge in [0.25, 0.3) is 0 Å². The molecule has 0 atom stereocenters. The van der Waals surface area contributed by atoms with E-state index in [2.05, 4.69) is 15.3 Å². The van der Waals surface area contributed by atoms with Gasteiger partial charge in [0.2, 0.25) is 23.6 Å². The lowest BCUT2D eigenvalue weighted by Crippen LogP contribution is -2.22. The normalized spacial score (nSPS) is 9.47. The Kier molecular flexibility index (Phi) is 3.67. The summed E-state index contributed by atoms with van der Waals surface area (Å²) in [7, 11) is 2.94. The first-order valence-electron chi connectivity index (χ1n) is 4.15. The highest BCUT2D eigenvalue weighted by Gasteiger charge is 2.05. The molecular formula is C8H12N4O3. The summed E-state index contributed by atoms with van der Waals surface area (Å²) in [5, 5.41) is 2.64. The molecule has 1 amide bonds. The van der Waals surface area contributed by atoms with E-state index in [1.54, 1.807) is 0 Å². The first kappa shape index (κ1) is 11.0. The first-order valence-corrected chi connectivity index (χ1v) is 4.15. The number of nitrogens with one attached hydrogen (secondary N) is 1. The van der Waals surface area contributed by atoms with Crippen molar-refractivity contribution >= 4 is 11.9 Å². The maximum Gasteiger partial charge on any atom is 0.236 e. The molecule has 0 aromatic carbocycles. The SMILES string of the molecule is COc1cc(OC)nc(NCC(N)=O)n1. The van der Waals surface area contributed by atoms with E-state index in [-0.39, 0.29) is 12.5 Å². The minimum Gasteiger partial charge on any atom is -0.481 e. The van der Waals surface area contributed by atoms with Gasteiger partial charge in [-0.2, -0.15) is 9.97 Å². The first-order chi connectivity index (χ1) is 7.15. The van der Waals surface area contributed by atoms with E-state index in [1.165, 1.54) is 20.3 Å². The van der Waals surface area contributed by atoms with Gasteiger partial charge in [0.05, 0.1) is 26.8 Å². The van der Waals surface area contributed by atoms with Crippen LogP contribution in [-0.4, -0.2) is 36.6 Å². The Morgan fingerprint density at radius 1 is 1.40 bits per heavy atom. The lowest BCUT2D eigenvalue weighted by molar-refractivity contribution is -0.116. The van der Waals surface area contributed by atoms with Crippen molar-refractivity contribution in [2.45, 2.75) is 0 Å². The van der Waals surface area contributed by atoms with E-state index < -0.39 is 5.91 Å². The van der Waals surface area contributed by atoms with E-state index in [1.807, 2.05) is 0 Å². The number of hydrogen-bond donors (Lipinski definition) is 2. The number of rotatable bonds is 5. The topological polar surface area (TPSA) is 99.4 Å². The molecule has 82 valence electrons. The van der Waals surface area contributed by atoms with Gasteiger partial charge in [-0.3, -0.25) is 4.79 Å². The quantitative estimate of drug-likeness (QED) is 0.675. The molecule has 0 aliphatic heterocycles. The molecule has 1 rings (SSSR count). The van der Waals surface area contributed by atoms with E-state index in [9.17, 15) is 4.79 Å². The molecule has 1 heterocycles. The van der Waals surface area contributed by atoms with Gasteiger partial charge in [0.1, 0.15) is 0 Å². The van der Waals surface area contributed by atoms with Crippen LogP contribution in [0.1, 0.15) is 0 Å². The number of nitrogens with zero attached hydrogens (tertiary/aromatic N) is 2. The van der Waals surface area contributed by atoms with Crippen LogP contribution in [0.15, 0.2) is 6.07 Å². The second-order valence-electron chi connectivity index (χ2n) is 2.60. The third-order valence-corrected chi connectivity index (χ3v) is 1.52. The summed E-state index contributed by atoms with van der Waals surface area (Å²) in [5.41, 5.74) is 4.96. The molecule has 0 fully saturated rings. The molecule has 7 heteroatoms. The molecule has 0 radical (unpaired) electrons. The van der Waals surface area contributed by atoms with Gasteiger partial charge >= 0.3 is 0 Å². The maximum atomic E-state index is 10.5. The molecule has 0 unspecified atom stereocenters. The van der Waals surface area contributed by atoms with Crippen molar-refractivity contribution in [3.8, 4) is 11.8 Å². The van der Waals surface area contributed by atoms with Gasteiger partial charge in [0.15, 0.2) is 0 Å². The molecular weight excluding hydrogens is 200 g/mol. The van der Waals surface area contributed by atoms with Crippen molar-refractivity contribution in [1.29, 1.82) is 0 Å². The third kappa shape index (κ3) is 3.29. The van der Waals surface area contributed by atoms with Crippen LogP contribution in [0.3, 0.4) is 0 Å². The predicted molar refractivity (Wildman–Crippen MR) is 52.8 cm³/mol. The minimum atomic E-state index is -0.500. The Labute approximate surface area is 86.6 Å². The van der Waals surface area contributed by atoms with Crippen LogP contribution in [0.2, 0.25) is 0 Å². The van der Waals surface area contributed by atoms with Crippen molar-refractivity contribution < 1.29 is 14.3 Å². The molecule has 0 saturated carbocycles. The van der Waals surface area contributed by atoms with E-state index in [0.29, 0.717) is 11.8 Å². The Morgan fingerprint density at radius 3 is 2.33 bits per heavy atom. The minimum absolute atomic E-state index is 0.0453. The van der Waals surface area contributed by atoms with E-state index >= 15 is 0 Å². The lowest BCUT2D eigenvalue weighted by Gasteiger charge is -2.06. The standard InChI is InChI=1S/C8H12N4O3/c1-14-6-3-7(15-2)12-8(11-6)10-4-5(9)13/h3H,4H2,1-2H3,(H2,9,13)(H,10,11,12). The molecule has 1 aromatic rings. The zero-order chi connectivity index (χ0) is 11.3. The van der Waals surface area contributed by atoms with E-state index in [4.69, 9.17) is 15.2 Å². The number of aromatic nitrogens is 2. The summed E-state index contributed by atoms with van der Waals surface area (Å²) in [6.07, 6.45) is 0. The van der Waals surface area contributed by atoms with Crippen LogP contribution in [0.5, 0.6) is 11.8 Å². The highest BCUT2D eigenvalue weighted by Crippen LogP contribution is 2.16. The number of primary amides is 1.